The summed E-state index contributed by atoms with van der Waals surface area (Å²) in [5.74, 6) is 1.37. The summed E-state index contributed by atoms with van der Waals surface area (Å²) in [7, 11) is -2.61. The average molecular weight is 449 g/mol. The molecule has 4 atom stereocenters. The van der Waals surface area contributed by atoms with Crippen molar-refractivity contribution in [2.24, 2.45) is 23.7 Å². The van der Waals surface area contributed by atoms with Gasteiger partial charge < -0.3 is 10.1 Å². The van der Waals surface area contributed by atoms with Gasteiger partial charge >= 0.3 is 5.97 Å². The molecule has 0 radical (unpaired) electrons. The van der Waals surface area contributed by atoms with Crippen LogP contribution in [0.5, 0.6) is 0 Å². The summed E-state index contributed by atoms with van der Waals surface area (Å²) in [5, 5.41) is 3.23. The number of piperidine rings is 1. The topological polar surface area (TPSA) is 92.8 Å². The summed E-state index contributed by atoms with van der Waals surface area (Å²) in [5.41, 5.74) is 0.0320. The number of hydrogen-bond donors (Lipinski definition) is 1. The van der Waals surface area contributed by atoms with Crippen LogP contribution in [0.25, 0.3) is 0 Å². The highest BCUT2D eigenvalue weighted by Gasteiger charge is 2.42. The highest BCUT2D eigenvalue weighted by atomic mass is 32.2. The van der Waals surface area contributed by atoms with Gasteiger partial charge in [-0.2, -0.15) is 4.31 Å². The number of carbonyl (C=O) groups excluding carboxylic acids is 2. The van der Waals surface area contributed by atoms with Crippen LogP contribution in [-0.4, -0.2) is 50.8 Å². The van der Waals surface area contributed by atoms with Gasteiger partial charge in [0.15, 0.2) is 0 Å². The van der Waals surface area contributed by atoms with E-state index in [1.807, 2.05) is 0 Å². The molecule has 4 unspecified atom stereocenters. The van der Waals surface area contributed by atoms with Crippen LogP contribution in [-0.2, 0) is 19.6 Å². The van der Waals surface area contributed by atoms with Crippen molar-refractivity contribution < 1.29 is 22.7 Å². The standard InChI is InChI=1S/C23H32N2O5S/c1-15(20-14-16-7-8-18(20)13-16)24-22(26)17-9-11-25(12-10-17)31(28,29)21-6-4-3-5-19(21)23(27)30-2/h3-6,15-18,20H,7-14H2,1-2H3,(H,24,26). The molecule has 1 heterocycles. The lowest BCUT2D eigenvalue weighted by atomic mass is 9.83. The summed E-state index contributed by atoms with van der Waals surface area (Å²) in [6.45, 7) is 2.64. The highest BCUT2D eigenvalue weighted by molar-refractivity contribution is 7.89. The fourth-order valence-corrected chi connectivity index (χ4v) is 7.47. The second kappa shape index (κ2) is 8.90. The number of fused-ring (bicyclic) bond motifs is 2. The largest absolute Gasteiger partial charge is 0.465 e. The first-order chi connectivity index (χ1) is 14.8. The lowest BCUT2D eigenvalue weighted by Gasteiger charge is -2.33. The molecule has 1 aromatic rings. The molecular weight excluding hydrogens is 416 g/mol. The van der Waals surface area contributed by atoms with Gasteiger partial charge in [0.25, 0.3) is 0 Å². The van der Waals surface area contributed by atoms with Crippen molar-refractivity contribution >= 4 is 21.9 Å². The molecule has 4 rings (SSSR count). The minimum Gasteiger partial charge on any atom is -0.465 e. The number of nitrogens with one attached hydrogen (secondary N) is 1. The number of amides is 1. The van der Waals surface area contributed by atoms with Crippen molar-refractivity contribution in [2.75, 3.05) is 20.2 Å². The van der Waals surface area contributed by atoms with E-state index >= 15 is 0 Å². The van der Waals surface area contributed by atoms with Crippen molar-refractivity contribution in [3.63, 3.8) is 0 Å². The quantitative estimate of drug-likeness (QED) is 0.676. The third-order valence-corrected chi connectivity index (χ3v) is 9.50. The van der Waals surface area contributed by atoms with Gasteiger partial charge in [-0.25, -0.2) is 13.2 Å². The predicted octanol–water partition coefficient (Wildman–Crippen LogP) is 2.81. The normalized spacial score (nSPS) is 27.7. The van der Waals surface area contributed by atoms with E-state index in [9.17, 15) is 18.0 Å². The van der Waals surface area contributed by atoms with Crippen LogP contribution in [0, 0.1) is 23.7 Å². The number of ether oxygens (including phenoxy) is 1. The number of methoxy groups -OCH3 is 1. The second-order valence-electron chi connectivity index (χ2n) is 9.30. The first-order valence-corrected chi connectivity index (χ1v) is 12.7. The maximum atomic E-state index is 13.1. The van der Waals surface area contributed by atoms with Crippen molar-refractivity contribution in [2.45, 2.75) is 56.4 Å². The van der Waals surface area contributed by atoms with Gasteiger partial charge in [-0.05, 0) is 68.9 Å². The Morgan fingerprint density at radius 2 is 1.81 bits per heavy atom. The number of rotatable bonds is 6. The number of nitrogens with zero attached hydrogens (tertiary/aromatic N) is 1. The fraction of sp³-hybridized carbons (Fsp3) is 0.652. The highest BCUT2D eigenvalue weighted by Crippen LogP contribution is 2.49. The van der Waals surface area contributed by atoms with E-state index in [-0.39, 0.29) is 41.4 Å². The molecule has 170 valence electrons. The Morgan fingerprint density at radius 1 is 1.10 bits per heavy atom. The zero-order valence-electron chi connectivity index (χ0n) is 18.2. The SMILES string of the molecule is COC(=O)c1ccccc1S(=O)(=O)N1CCC(C(=O)NC(C)C2CC3CCC2C3)CC1. The summed E-state index contributed by atoms with van der Waals surface area (Å²) >= 11 is 0. The molecule has 2 saturated carbocycles. The monoisotopic (exact) mass is 448 g/mol. The molecule has 0 aromatic heterocycles. The zero-order valence-corrected chi connectivity index (χ0v) is 19.1. The molecule has 8 heteroatoms. The van der Waals surface area contributed by atoms with Crippen LogP contribution in [0.1, 0.15) is 55.8 Å². The molecule has 3 fully saturated rings. The third-order valence-electron chi connectivity index (χ3n) is 7.54. The molecule has 7 nitrogen and oxygen atoms in total. The summed E-state index contributed by atoms with van der Waals surface area (Å²) in [6, 6.07) is 6.26. The molecular formula is C23H32N2O5S. The summed E-state index contributed by atoms with van der Waals surface area (Å²) < 4.78 is 32.4. The number of benzene rings is 1. The number of esters is 1. The van der Waals surface area contributed by atoms with Crippen LogP contribution in [0.4, 0.5) is 0 Å². The summed E-state index contributed by atoms with van der Waals surface area (Å²) in [6.07, 6.45) is 6.13. The van der Waals surface area contributed by atoms with Gasteiger partial charge in [0.1, 0.15) is 0 Å². The summed E-state index contributed by atoms with van der Waals surface area (Å²) in [4.78, 5) is 24.8. The molecule has 1 aliphatic heterocycles. The Hall–Kier alpha value is -1.93. The van der Waals surface area contributed by atoms with Crippen LogP contribution >= 0.6 is 0 Å². The van der Waals surface area contributed by atoms with Gasteiger partial charge in [0.2, 0.25) is 15.9 Å². The molecule has 1 amide bonds. The van der Waals surface area contributed by atoms with Crippen LogP contribution < -0.4 is 5.32 Å². The molecule has 1 N–H and O–H groups in total. The first-order valence-electron chi connectivity index (χ1n) is 11.3. The van der Waals surface area contributed by atoms with Crippen molar-refractivity contribution in [3.05, 3.63) is 29.8 Å². The Balaban J connectivity index is 1.36. The van der Waals surface area contributed by atoms with Gasteiger partial charge in [-0.3, -0.25) is 4.79 Å². The van der Waals surface area contributed by atoms with E-state index in [0.717, 1.165) is 11.8 Å². The van der Waals surface area contributed by atoms with E-state index in [4.69, 9.17) is 4.74 Å². The van der Waals surface area contributed by atoms with E-state index < -0.39 is 16.0 Å². The molecule has 2 bridgehead atoms. The third kappa shape index (κ3) is 4.37. The fourth-order valence-electron chi connectivity index (χ4n) is 5.82. The smallest absolute Gasteiger partial charge is 0.339 e. The average Bonchev–Trinajstić information content (AvgIpc) is 3.42. The Kier molecular flexibility index (Phi) is 6.40. The van der Waals surface area contributed by atoms with Crippen molar-refractivity contribution in [1.82, 2.24) is 9.62 Å². The van der Waals surface area contributed by atoms with Crippen LogP contribution in [0.2, 0.25) is 0 Å². The minimum absolute atomic E-state index is 0.0320. The molecule has 2 aliphatic carbocycles. The molecule has 1 aromatic carbocycles. The zero-order chi connectivity index (χ0) is 22.2. The number of hydrogen-bond acceptors (Lipinski definition) is 5. The van der Waals surface area contributed by atoms with Gasteiger partial charge in [-0.15, -0.1) is 0 Å². The van der Waals surface area contributed by atoms with Crippen molar-refractivity contribution in [3.8, 4) is 0 Å². The van der Waals surface area contributed by atoms with Gasteiger partial charge in [0, 0.05) is 25.0 Å². The van der Waals surface area contributed by atoms with Crippen molar-refractivity contribution in [1.29, 1.82) is 0 Å². The van der Waals surface area contributed by atoms with E-state index in [1.165, 1.54) is 49.2 Å². The van der Waals surface area contributed by atoms with E-state index in [1.54, 1.807) is 12.1 Å². The lowest BCUT2D eigenvalue weighted by molar-refractivity contribution is -0.127. The minimum atomic E-state index is -3.84. The Bertz CT molecular complexity index is 939. The maximum Gasteiger partial charge on any atom is 0.339 e. The molecule has 0 spiro atoms. The molecule has 3 aliphatic rings. The van der Waals surface area contributed by atoms with Gasteiger partial charge in [-0.1, -0.05) is 18.6 Å². The number of sulfonamides is 1. The maximum absolute atomic E-state index is 13.1. The predicted molar refractivity (Wildman–Crippen MR) is 116 cm³/mol. The van der Waals surface area contributed by atoms with E-state index in [2.05, 4.69) is 12.2 Å². The van der Waals surface area contributed by atoms with Crippen LogP contribution in [0.3, 0.4) is 0 Å². The second-order valence-corrected chi connectivity index (χ2v) is 11.2. The first kappa shape index (κ1) is 22.3. The Morgan fingerprint density at radius 3 is 2.42 bits per heavy atom. The van der Waals surface area contributed by atoms with Crippen LogP contribution in [0.15, 0.2) is 29.2 Å². The Labute approximate surface area is 184 Å². The van der Waals surface area contributed by atoms with E-state index in [0.29, 0.717) is 18.8 Å². The molecule has 1 saturated heterocycles. The lowest BCUT2D eigenvalue weighted by Crippen LogP contribution is -2.47. The van der Waals surface area contributed by atoms with Gasteiger partial charge in [0.05, 0.1) is 17.6 Å². The number of carbonyl (C=O) groups is 2. The molecule has 31 heavy (non-hydrogen) atoms.